The summed E-state index contributed by atoms with van der Waals surface area (Å²) in [6.45, 7) is 0.742. The van der Waals surface area contributed by atoms with Crippen LogP contribution in [0.15, 0.2) is 47.4 Å². The predicted octanol–water partition coefficient (Wildman–Crippen LogP) is 4.60. The van der Waals surface area contributed by atoms with Crippen LogP contribution in [0.25, 0.3) is 0 Å². The Hall–Kier alpha value is -1.96. The molecule has 0 atom stereocenters. The Morgan fingerprint density at radius 3 is 2.59 bits per heavy atom. The second-order valence-corrected chi connectivity index (χ2v) is 7.43. The third kappa shape index (κ3) is 6.93. The molecule has 27 heavy (non-hydrogen) atoms. The second-order valence-electron chi connectivity index (χ2n) is 5.44. The van der Waals surface area contributed by atoms with Crippen LogP contribution in [0.5, 0.6) is 5.75 Å². The molecule has 0 amide bonds. The summed E-state index contributed by atoms with van der Waals surface area (Å²) in [6, 6.07) is 13.0. The van der Waals surface area contributed by atoms with Gasteiger partial charge in [-0.15, -0.1) is 11.8 Å². The average Bonchev–Trinajstić information content (AvgIpc) is 2.69. The van der Waals surface area contributed by atoms with Crippen LogP contribution in [0.2, 0.25) is 5.02 Å². The summed E-state index contributed by atoms with van der Waals surface area (Å²) in [6.07, 6.45) is 0.951. The minimum absolute atomic E-state index is 0.294. The van der Waals surface area contributed by atoms with Crippen molar-refractivity contribution in [3.63, 3.8) is 0 Å². The highest BCUT2D eigenvalue weighted by Crippen LogP contribution is 2.22. The molecule has 0 aliphatic carbocycles. The van der Waals surface area contributed by atoms with E-state index in [2.05, 4.69) is 10.6 Å². The summed E-state index contributed by atoms with van der Waals surface area (Å²) < 4.78 is 9.86. The molecule has 0 radical (unpaired) electrons. The van der Waals surface area contributed by atoms with Crippen LogP contribution >= 0.6 is 35.6 Å². The minimum Gasteiger partial charge on any atom is -0.497 e. The van der Waals surface area contributed by atoms with Gasteiger partial charge in [0, 0.05) is 17.1 Å². The van der Waals surface area contributed by atoms with Crippen LogP contribution in [0, 0.1) is 0 Å². The molecule has 2 rings (SSSR count). The summed E-state index contributed by atoms with van der Waals surface area (Å²) in [7, 11) is 2.97. The van der Waals surface area contributed by atoms with E-state index in [9.17, 15) is 4.79 Å². The molecule has 0 saturated carbocycles. The number of thiocarbonyl (C=S) groups is 1. The number of carbonyl (C=O) groups excluding carboxylic acids is 1. The van der Waals surface area contributed by atoms with Crippen molar-refractivity contribution in [2.24, 2.45) is 0 Å². The number of esters is 1. The number of rotatable bonds is 8. The number of methoxy groups -OCH3 is 2. The highest BCUT2D eigenvalue weighted by atomic mass is 35.5. The first kappa shape index (κ1) is 21.3. The van der Waals surface area contributed by atoms with Crippen LogP contribution < -0.4 is 15.4 Å². The molecule has 2 aromatic carbocycles. The first-order valence-electron chi connectivity index (χ1n) is 8.23. The molecule has 0 fully saturated rings. The fourth-order valence-electron chi connectivity index (χ4n) is 2.18. The molecule has 2 aromatic rings. The van der Waals surface area contributed by atoms with Crippen LogP contribution in [-0.2, 0) is 4.74 Å². The van der Waals surface area contributed by atoms with E-state index in [0.29, 0.717) is 21.4 Å². The molecule has 0 spiro atoms. The van der Waals surface area contributed by atoms with Gasteiger partial charge in [-0.05, 0) is 66.9 Å². The average molecular weight is 425 g/mol. The molecule has 144 valence electrons. The van der Waals surface area contributed by atoms with Gasteiger partial charge in [-0.2, -0.15) is 0 Å². The van der Waals surface area contributed by atoms with E-state index in [1.807, 2.05) is 24.3 Å². The highest BCUT2D eigenvalue weighted by molar-refractivity contribution is 7.99. The van der Waals surface area contributed by atoms with Crippen LogP contribution in [-0.4, -0.2) is 37.6 Å². The van der Waals surface area contributed by atoms with Crippen LogP contribution in [0.1, 0.15) is 16.8 Å². The fraction of sp³-hybridized carbons (Fsp3) is 0.263. The van der Waals surface area contributed by atoms with Crippen molar-refractivity contribution in [1.29, 1.82) is 0 Å². The van der Waals surface area contributed by atoms with Gasteiger partial charge in [0.25, 0.3) is 0 Å². The molecule has 0 bridgehead atoms. The maximum Gasteiger partial charge on any atom is 0.339 e. The number of thioether (sulfide) groups is 1. The molecular weight excluding hydrogens is 404 g/mol. The van der Waals surface area contributed by atoms with Gasteiger partial charge in [0.1, 0.15) is 5.75 Å². The van der Waals surface area contributed by atoms with Crippen molar-refractivity contribution in [3.05, 3.63) is 53.1 Å². The molecule has 8 heteroatoms. The topological polar surface area (TPSA) is 59.6 Å². The number of hydrogen-bond acceptors (Lipinski definition) is 5. The first-order chi connectivity index (χ1) is 13.0. The largest absolute Gasteiger partial charge is 0.497 e. The minimum atomic E-state index is -0.488. The Kier molecular flexibility index (Phi) is 8.71. The second kappa shape index (κ2) is 11.0. The molecule has 2 N–H and O–H groups in total. The highest BCUT2D eigenvalue weighted by Gasteiger charge is 2.11. The number of nitrogens with one attached hydrogen (secondary N) is 2. The maximum atomic E-state index is 11.7. The summed E-state index contributed by atoms with van der Waals surface area (Å²) in [5.74, 6) is 1.34. The molecular formula is C19H21ClN2O3S2. The number of halogens is 1. The van der Waals surface area contributed by atoms with Gasteiger partial charge >= 0.3 is 5.97 Å². The number of benzene rings is 2. The lowest BCUT2D eigenvalue weighted by Gasteiger charge is -2.12. The van der Waals surface area contributed by atoms with Crippen molar-refractivity contribution in [2.75, 3.05) is 31.8 Å². The van der Waals surface area contributed by atoms with Gasteiger partial charge in [0.15, 0.2) is 5.11 Å². The van der Waals surface area contributed by atoms with E-state index < -0.39 is 5.97 Å². The van der Waals surface area contributed by atoms with E-state index in [-0.39, 0.29) is 0 Å². The number of anilines is 1. The maximum absolute atomic E-state index is 11.7. The Morgan fingerprint density at radius 2 is 1.93 bits per heavy atom. The van der Waals surface area contributed by atoms with E-state index in [1.54, 1.807) is 37.1 Å². The Labute approximate surface area is 173 Å². The lowest BCUT2D eigenvalue weighted by molar-refractivity contribution is 0.0601. The SMILES string of the molecule is COC(=O)c1cc(NC(=S)NCCCSc2ccc(OC)cc2)ccc1Cl. The van der Waals surface area contributed by atoms with Gasteiger partial charge in [-0.3, -0.25) is 0 Å². The monoisotopic (exact) mass is 424 g/mol. The zero-order chi connectivity index (χ0) is 19.6. The molecule has 0 aliphatic heterocycles. The quantitative estimate of drug-likeness (QED) is 0.278. The molecule has 0 unspecified atom stereocenters. The lowest BCUT2D eigenvalue weighted by Crippen LogP contribution is -2.29. The van der Waals surface area contributed by atoms with E-state index >= 15 is 0 Å². The summed E-state index contributed by atoms with van der Waals surface area (Å²) in [5.41, 5.74) is 0.966. The Balaban J connectivity index is 1.72. The predicted molar refractivity (Wildman–Crippen MR) is 115 cm³/mol. The summed E-state index contributed by atoms with van der Waals surface area (Å²) in [5, 5.41) is 7.02. The molecule has 0 saturated heterocycles. The molecule has 5 nitrogen and oxygen atoms in total. The molecule has 0 heterocycles. The van der Waals surface area contributed by atoms with Crippen LogP contribution in [0.4, 0.5) is 5.69 Å². The molecule has 0 aromatic heterocycles. The van der Waals surface area contributed by atoms with Crippen LogP contribution in [0.3, 0.4) is 0 Å². The zero-order valence-electron chi connectivity index (χ0n) is 15.1. The number of hydrogen-bond donors (Lipinski definition) is 2. The van der Waals surface area contributed by atoms with Crippen molar-refractivity contribution in [3.8, 4) is 5.75 Å². The summed E-state index contributed by atoms with van der Waals surface area (Å²) >= 11 is 13.1. The van der Waals surface area contributed by atoms with E-state index in [4.69, 9.17) is 33.3 Å². The lowest BCUT2D eigenvalue weighted by atomic mass is 10.2. The van der Waals surface area contributed by atoms with Gasteiger partial charge in [0.2, 0.25) is 0 Å². The van der Waals surface area contributed by atoms with Gasteiger partial charge in [0.05, 0.1) is 24.8 Å². The van der Waals surface area contributed by atoms with Gasteiger partial charge < -0.3 is 20.1 Å². The third-order valence-corrected chi connectivity index (χ3v) is 5.24. The smallest absolute Gasteiger partial charge is 0.339 e. The normalized spacial score (nSPS) is 10.2. The zero-order valence-corrected chi connectivity index (χ0v) is 17.5. The van der Waals surface area contributed by atoms with Crippen molar-refractivity contribution in [1.82, 2.24) is 5.32 Å². The van der Waals surface area contributed by atoms with E-state index in [1.165, 1.54) is 12.0 Å². The van der Waals surface area contributed by atoms with Gasteiger partial charge in [-0.1, -0.05) is 11.6 Å². The van der Waals surface area contributed by atoms with Crippen molar-refractivity contribution in [2.45, 2.75) is 11.3 Å². The van der Waals surface area contributed by atoms with Crippen molar-refractivity contribution >= 4 is 52.3 Å². The Morgan fingerprint density at radius 1 is 1.19 bits per heavy atom. The van der Waals surface area contributed by atoms with E-state index in [0.717, 1.165) is 24.5 Å². The number of ether oxygens (including phenoxy) is 2. The van der Waals surface area contributed by atoms with Crippen molar-refractivity contribution < 1.29 is 14.3 Å². The standard InChI is InChI=1S/C19H21ClN2O3S2/c1-24-14-5-7-15(8-6-14)27-11-3-10-21-19(26)22-13-4-9-17(20)16(12-13)18(23)25-2/h4-9,12H,3,10-11H2,1-2H3,(H2,21,22,26). The first-order valence-corrected chi connectivity index (χ1v) is 10.00. The third-order valence-electron chi connectivity index (χ3n) is 3.56. The van der Waals surface area contributed by atoms with Gasteiger partial charge in [-0.25, -0.2) is 4.79 Å². The Bertz CT molecular complexity index is 785. The summed E-state index contributed by atoms with van der Waals surface area (Å²) in [4.78, 5) is 12.9. The number of carbonyl (C=O) groups is 1. The fourth-order valence-corrected chi connectivity index (χ4v) is 3.45. The molecule has 0 aliphatic rings.